The van der Waals surface area contributed by atoms with Crippen LogP contribution in [0.1, 0.15) is 32.5 Å². The van der Waals surface area contributed by atoms with Crippen LogP contribution in [0.15, 0.2) is 12.3 Å². The first-order chi connectivity index (χ1) is 6.40. The number of hydrogen-bond acceptors (Lipinski definition) is 3. The molecule has 80 valence electrons. The highest BCUT2D eigenvalue weighted by Gasteiger charge is 2.15. The van der Waals surface area contributed by atoms with E-state index in [0.29, 0.717) is 6.61 Å². The van der Waals surface area contributed by atoms with Gasteiger partial charge in [0.2, 0.25) is 0 Å². The van der Waals surface area contributed by atoms with Crippen LogP contribution in [-0.4, -0.2) is 22.0 Å². The second kappa shape index (κ2) is 4.11. The predicted molar refractivity (Wildman–Crippen MR) is 55.8 cm³/mol. The molecule has 0 aromatic carbocycles. The van der Waals surface area contributed by atoms with Gasteiger partial charge in [0, 0.05) is 13.2 Å². The molecular formula is C10H19N3O. The minimum Gasteiger partial charge on any atom is -0.374 e. The summed E-state index contributed by atoms with van der Waals surface area (Å²) in [5.74, 6) is 0. The molecule has 0 aliphatic rings. The van der Waals surface area contributed by atoms with Crippen LogP contribution in [-0.2, 0) is 11.8 Å². The Balaban J connectivity index is 2.51. The minimum absolute atomic E-state index is 0.110. The van der Waals surface area contributed by atoms with Gasteiger partial charge in [0.1, 0.15) is 0 Å². The molecule has 0 fully saturated rings. The average Bonchev–Trinajstić information content (AvgIpc) is 2.46. The normalized spacial score (nSPS) is 14.4. The standard InChI is InChI=1S/C10H19N3O/c1-10(2,3)14-7-8(11)9-5-6-12-13(9)4/h5-6,8H,7,11H2,1-4H3. The Morgan fingerprint density at radius 2 is 2.21 bits per heavy atom. The molecule has 1 atom stereocenters. The van der Waals surface area contributed by atoms with Gasteiger partial charge in [0.05, 0.1) is 23.9 Å². The Morgan fingerprint density at radius 1 is 1.57 bits per heavy atom. The number of hydrogen-bond donors (Lipinski definition) is 1. The Bertz CT molecular complexity index is 288. The predicted octanol–water partition coefficient (Wildman–Crippen LogP) is 1.23. The Labute approximate surface area is 85.0 Å². The number of aryl methyl sites for hydroxylation is 1. The highest BCUT2D eigenvalue weighted by Crippen LogP contribution is 2.13. The van der Waals surface area contributed by atoms with E-state index in [4.69, 9.17) is 10.5 Å². The largest absolute Gasteiger partial charge is 0.374 e. The number of ether oxygens (including phenoxy) is 1. The molecule has 0 aliphatic heterocycles. The van der Waals surface area contributed by atoms with Crippen LogP contribution in [0.3, 0.4) is 0 Å². The molecule has 0 amide bonds. The van der Waals surface area contributed by atoms with Crippen LogP contribution in [0.2, 0.25) is 0 Å². The van der Waals surface area contributed by atoms with Crippen molar-refractivity contribution >= 4 is 0 Å². The summed E-state index contributed by atoms with van der Waals surface area (Å²) < 4.78 is 7.38. The number of nitrogens with zero attached hydrogens (tertiary/aromatic N) is 2. The molecule has 1 unspecified atom stereocenters. The first-order valence-corrected chi connectivity index (χ1v) is 4.77. The molecule has 4 nitrogen and oxygen atoms in total. The van der Waals surface area contributed by atoms with Crippen LogP contribution in [0.4, 0.5) is 0 Å². The third-order valence-corrected chi connectivity index (χ3v) is 1.93. The van der Waals surface area contributed by atoms with Crippen molar-refractivity contribution in [1.29, 1.82) is 0 Å². The van der Waals surface area contributed by atoms with Gasteiger partial charge in [0.25, 0.3) is 0 Å². The molecular weight excluding hydrogens is 178 g/mol. The lowest BCUT2D eigenvalue weighted by molar-refractivity contribution is -0.0110. The van der Waals surface area contributed by atoms with E-state index in [9.17, 15) is 0 Å². The Morgan fingerprint density at radius 3 is 2.64 bits per heavy atom. The molecule has 0 bridgehead atoms. The van der Waals surface area contributed by atoms with E-state index in [-0.39, 0.29) is 11.6 Å². The van der Waals surface area contributed by atoms with Gasteiger partial charge in [-0.25, -0.2) is 0 Å². The lowest BCUT2D eigenvalue weighted by atomic mass is 10.2. The molecule has 0 saturated heterocycles. The van der Waals surface area contributed by atoms with Crippen LogP contribution < -0.4 is 5.73 Å². The SMILES string of the molecule is Cn1nccc1C(N)COC(C)(C)C. The van der Waals surface area contributed by atoms with Gasteiger partial charge in [-0.05, 0) is 26.8 Å². The van der Waals surface area contributed by atoms with Gasteiger partial charge in [-0.1, -0.05) is 0 Å². The maximum Gasteiger partial charge on any atom is 0.0704 e. The highest BCUT2D eigenvalue weighted by molar-refractivity contribution is 5.05. The topological polar surface area (TPSA) is 53.1 Å². The third-order valence-electron chi connectivity index (χ3n) is 1.93. The summed E-state index contributed by atoms with van der Waals surface area (Å²) in [4.78, 5) is 0. The van der Waals surface area contributed by atoms with Gasteiger partial charge >= 0.3 is 0 Å². The lowest BCUT2D eigenvalue weighted by Crippen LogP contribution is -2.27. The fourth-order valence-electron chi connectivity index (χ4n) is 1.17. The van der Waals surface area contributed by atoms with Crippen molar-refractivity contribution < 1.29 is 4.74 Å². The van der Waals surface area contributed by atoms with E-state index in [1.807, 2.05) is 33.9 Å². The molecule has 0 saturated carbocycles. The van der Waals surface area contributed by atoms with Gasteiger partial charge < -0.3 is 10.5 Å². The van der Waals surface area contributed by atoms with E-state index < -0.39 is 0 Å². The monoisotopic (exact) mass is 197 g/mol. The van der Waals surface area contributed by atoms with Crippen LogP contribution in [0, 0.1) is 0 Å². The van der Waals surface area contributed by atoms with E-state index in [0.717, 1.165) is 5.69 Å². The smallest absolute Gasteiger partial charge is 0.0704 e. The van der Waals surface area contributed by atoms with Crippen molar-refractivity contribution in [3.8, 4) is 0 Å². The molecule has 14 heavy (non-hydrogen) atoms. The zero-order valence-electron chi connectivity index (χ0n) is 9.32. The Kier molecular flexibility index (Phi) is 3.29. The molecule has 1 rings (SSSR count). The highest BCUT2D eigenvalue weighted by atomic mass is 16.5. The van der Waals surface area contributed by atoms with Crippen molar-refractivity contribution in [3.05, 3.63) is 18.0 Å². The van der Waals surface area contributed by atoms with E-state index >= 15 is 0 Å². The molecule has 1 aromatic rings. The zero-order valence-corrected chi connectivity index (χ0v) is 9.32. The maximum atomic E-state index is 5.96. The second-order valence-corrected chi connectivity index (χ2v) is 4.41. The van der Waals surface area contributed by atoms with E-state index in [2.05, 4.69) is 5.10 Å². The third kappa shape index (κ3) is 3.12. The summed E-state index contributed by atoms with van der Waals surface area (Å²) in [5, 5.41) is 4.06. The van der Waals surface area contributed by atoms with Crippen LogP contribution >= 0.6 is 0 Å². The lowest BCUT2D eigenvalue weighted by Gasteiger charge is -2.22. The van der Waals surface area contributed by atoms with Gasteiger partial charge in [-0.15, -0.1) is 0 Å². The van der Waals surface area contributed by atoms with Gasteiger partial charge in [-0.3, -0.25) is 4.68 Å². The van der Waals surface area contributed by atoms with Crippen molar-refractivity contribution in [3.63, 3.8) is 0 Å². The molecule has 4 heteroatoms. The number of nitrogens with two attached hydrogens (primary N) is 1. The quantitative estimate of drug-likeness (QED) is 0.793. The molecule has 0 spiro atoms. The first kappa shape index (κ1) is 11.2. The van der Waals surface area contributed by atoms with E-state index in [1.165, 1.54) is 0 Å². The van der Waals surface area contributed by atoms with Gasteiger partial charge in [-0.2, -0.15) is 5.10 Å². The molecule has 0 aliphatic carbocycles. The van der Waals surface area contributed by atoms with E-state index in [1.54, 1.807) is 10.9 Å². The van der Waals surface area contributed by atoms with Gasteiger partial charge in [0.15, 0.2) is 0 Å². The second-order valence-electron chi connectivity index (χ2n) is 4.41. The maximum absolute atomic E-state index is 5.96. The molecule has 1 heterocycles. The fraction of sp³-hybridized carbons (Fsp3) is 0.700. The molecule has 1 aromatic heterocycles. The van der Waals surface area contributed by atoms with Crippen LogP contribution in [0.25, 0.3) is 0 Å². The summed E-state index contributed by atoms with van der Waals surface area (Å²) in [5.41, 5.74) is 6.81. The summed E-state index contributed by atoms with van der Waals surface area (Å²) >= 11 is 0. The number of rotatable bonds is 3. The molecule has 2 N–H and O–H groups in total. The summed E-state index contributed by atoms with van der Waals surface area (Å²) in [6.45, 7) is 6.57. The van der Waals surface area contributed by atoms with Crippen molar-refractivity contribution in [2.45, 2.75) is 32.4 Å². The first-order valence-electron chi connectivity index (χ1n) is 4.77. The summed E-state index contributed by atoms with van der Waals surface area (Å²) in [6, 6.07) is 1.80. The number of aromatic nitrogens is 2. The minimum atomic E-state index is -0.143. The van der Waals surface area contributed by atoms with Crippen molar-refractivity contribution in [1.82, 2.24) is 9.78 Å². The average molecular weight is 197 g/mol. The van der Waals surface area contributed by atoms with Crippen molar-refractivity contribution in [2.75, 3.05) is 6.61 Å². The summed E-state index contributed by atoms with van der Waals surface area (Å²) in [6.07, 6.45) is 1.74. The Hall–Kier alpha value is -0.870. The summed E-state index contributed by atoms with van der Waals surface area (Å²) in [7, 11) is 1.88. The van der Waals surface area contributed by atoms with Crippen molar-refractivity contribution in [2.24, 2.45) is 12.8 Å². The van der Waals surface area contributed by atoms with Crippen LogP contribution in [0.5, 0.6) is 0 Å². The fourth-order valence-corrected chi connectivity index (χ4v) is 1.17. The zero-order chi connectivity index (χ0) is 10.8. The molecule has 0 radical (unpaired) electrons.